The van der Waals surface area contributed by atoms with Crippen LogP contribution in [0, 0.1) is 0 Å². The molecule has 1 aliphatic heterocycles. The normalized spacial score (nSPS) is 17.1. The summed E-state index contributed by atoms with van der Waals surface area (Å²) >= 11 is 3.55. The summed E-state index contributed by atoms with van der Waals surface area (Å²) in [7, 11) is 3.34. The van der Waals surface area contributed by atoms with E-state index in [1.807, 2.05) is 29.5 Å². The lowest BCUT2D eigenvalue weighted by Crippen LogP contribution is -2.32. The maximum atomic E-state index is 5.53. The van der Waals surface area contributed by atoms with Crippen molar-refractivity contribution in [2.75, 3.05) is 20.8 Å². The molecule has 0 fully saturated rings. The zero-order chi connectivity index (χ0) is 18.1. The monoisotopic (exact) mass is 386 g/mol. The second kappa shape index (κ2) is 7.39. The van der Waals surface area contributed by atoms with Gasteiger partial charge in [0.1, 0.15) is 16.5 Å². The van der Waals surface area contributed by atoms with Crippen molar-refractivity contribution in [1.82, 2.24) is 9.88 Å². The molecule has 3 aromatic rings. The molecule has 6 heteroatoms. The Hall–Kier alpha value is -1.89. The number of nitrogens with zero attached hydrogens (tertiary/aromatic N) is 2. The van der Waals surface area contributed by atoms with Crippen molar-refractivity contribution >= 4 is 22.7 Å². The van der Waals surface area contributed by atoms with Crippen LogP contribution in [0.25, 0.3) is 10.6 Å². The van der Waals surface area contributed by atoms with Gasteiger partial charge in [0.2, 0.25) is 0 Å². The van der Waals surface area contributed by atoms with E-state index in [1.54, 1.807) is 25.6 Å². The van der Waals surface area contributed by atoms with E-state index >= 15 is 0 Å². The number of hydrogen-bond acceptors (Lipinski definition) is 6. The number of thiazole rings is 1. The third-order valence-corrected chi connectivity index (χ3v) is 6.88. The molecule has 1 unspecified atom stereocenters. The van der Waals surface area contributed by atoms with E-state index in [2.05, 4.69) is 28.7 Å². The Morgan fingerprint density at radius 1 is 1.19 bits per heavy atom. The Kier molecular flexibility index (Phi) is 4.98. The second-order valence-electron chi connectivity index (χ2n) is 6.41. The number of methoxy groups -OCH3 is 2. The molecule has 0 saturated carbocycles. The van der Waals surface area contributed by atoms with Gasteiger partial charge in [-0.25, -0.2) is 4.98 Å². The van der Waals surface area contributed by atoms with Crippen molar-refractivity contribution in [1.29, 1.82) is 0 Å². The lowest BCUT2D eigenvalue weighted by Gasteiger charge is -2.32. The SMILES string of the molecule is COc1ccc(-c2nc(CN3CCc4sccc4C3C)cs2)c(OC)c1. The number of hydrogen-bond donors (Lipinski definition) is 0. The summed E-state index contributed by atoms with van der Waals surface area (Å²) in [6.07, 6.45) is 1.14. The van der Waals surface area contributed by atoms with Gasteiger partial charge in [-0.05, 0) is 42.5 Å². The van der Waals surface area contributed by atoms with E-state index in [0.29, 0.717) is 6.04 Å². The molecule has 0 amide bonds. The fraction of sp³-hybridized carbons (Fsp3) is 0.350. The highest BCUT2D eigenvalue weighted by atomic mass is 32.1. The van der Waals surface area contributed by atoms with Gasteiger partial charge in [0.05, 0.1) is 25.5 Å². The summed E-state index contributed by atoms with van der Waals surface area (Å²) in [6, 6.07) is 8.59. The molecular formula is C20H22N2O2S2. The molecule has 2 aromatic heterocycles. The zero-order valence-corrected chi connectivity index (χ0v) is 16.8. The average molecular weight is 387 g/mol. The molecule has 0 bridgehead atoms. The van der Waals surface area contributed by atoms with Crippen molar-refractivity contribution in [2.24, 2.45) is 0 Å². The molecule has 4 nitrogen and oxygen atoms in total. The number of ether oxygens (including phenoxy) is 2. The van der Waals surface area contributed by atoms with Crippen LogP contribution in [0.2, 0.25) is 0 Å². The minimum Gasteiger partial charge on any atom is -0.497 e. The smallest absolute Gasteiger partial charge is 0.132 e. The summed E-state index contributed by atoms with van der Waals surface area (Å²) in [5.41, 5.74) is 3.61. The van der Waals surface area contributed by atoms with Crippen LogP contribution in [0.5, 0.6) is 11.5 Å². The predicted molar refractivity (Wildman–Crippen MR) is 108 cm³/mol. The number of fused-ring (bicyclic) bond motifs is 1. The quantitative estimate of drug-likeness (QED) is 0.617. The minimum atomic E-state index is 0.450. The lowest BCUT2D eigenvalue weighted by molar-refractivity contribution is 0.189. The topological polar surface area (TPSA) is 34.6 Å². The fourth-order valence-electron chi connectivity index (χ4n) is 3.46. The predicted octanol–water partition coefficient (Wildman–Crippen LogP) is 5.01. The molecule has 0 N–H and O–H groups in total. The summed E-state index contributed by atoms with van der Waals surface area (Å²) in [6.45, 7) is 4.27. The molecule has 4 rings (SSSR count). The number of thiophene rings is 1. The maximum Gasteiger partial charge on any atom is 0.132 e. The molecule has 3 heterocycles. The Morgan fingerprint density at radius 2 is 2.08 bits per heavy atom. The van der Waals surface area contributed by atoms with Gasteiger partial charge < -0.3 is 9.47 Å². The summed E-state index contributed by atoms with van der Waals surface area (Å²) < 4.78 is 10.8. The zero-order valence-electron chi connectivity index (χ0n) is 15.2. The van der Waals surface area contributed by atoms with Crippen LogP contribution >= 0.6 is 22.7 Å². The Balaban J connectivity index is 1.54. The van der Waals surface area contributed by atoms with Crippen LogP contribution in [0.4, 0.5) is 0 Å². The van der Waals surface area contributed by atoms with Crippen LogP contribution in [-0.4, -0.2) is 30.6 Å². The van der Waals surface area contributed by atoms with Crippen LogP contribution in [0.15, 0.2) is 35.0 Å². The van der Waals surface area contributed by atoms with Crippen LogP contribution in [-0.2, 0) is 13.0 Å². The molecule has 0 saturated heterocycles. The van der Waals surface area contributed by atoms with Crippen molar-refractivity contribution < 1.29 is 9.47 Å². The third-order valence-electron chi connectivity index (χ3n) is 4.96. The van der Waals surface area contributed by atoms with Gasteiger partial charge in [-0.2, -0.15) is 0 Å². The van der Waals surface area contributed by atoms with E-state index in [9.17, 15) is 0 Å². The Labute approximate surface area is 162 Å². The summed E-state index contributed by atoms with van der Waals surface area (Å²) in [5.74, 6) is 1.58. The van der Waals surface area contributed by atoms with Gasteiger partial charge in [-0.3, -0.25) is 4.90 Å². The van der Waals surface area contributed by atoms with E-state index in [4.69, 9.17) is 14.5 Å². The number of benzene rings is 1. The average Bonchev–Trinajstić information content (AvgIpc) is 3.33. The first-order valence-corrected chi connectivity index (χ1v) is 10.4. The van der Waals surface area contributed by atoms with Crippen LogP contribution < -0.4 is 9.47 Å². The van der Waals surface area contributed by atoms with E-state index in [1.165, 1.54) is 10.4 Å². The number of rotatable bonds is 5. The van der Waals surface area contributed by atoms with Gasteiger partial charge in [-0.15, -0.1) is 22.7 Å². The standard InChI is InChI=1S/C20H22N2O2S2/c1-13-16-7-9-25-19(16)6-8-22(13)11-14-12-26-20(21-14)17-5-4-15(23-2)10-18(17)24-3/h4-5,7,9-10,12-13H,6,8,11H2,1-3H3. The minimum absolute atomic E-state index is 0.450. The largest absolute Gasteiger partial charge is 0.497 e. The lowest BCUT2D eigenvalue weighted by atomic mass is 10.0. The van der Waals surface area contributed by atoms with Crippen molar-refractivity contribution in [2.45, 2.75) is 25.9 Å². The van der Waals surface area contributed by atoms with E-state index in [0.717, 1.165) is 47.3 Å². The van der Waals surface area contributed by atoms with E-state index in [-0.39, 0.29) is 0 Å². The van der Waals surface area contributed by atoms with Crippen molar-refractivity contribution in [3.63, 3.8) is 0 Å². The van der Waals surface area contributed by atoms with Gasteiger partial charge in [-0.1, -0.05) is 0 Å². The highest BCUT2D eigenvalue weighted by molar-refractivity contribution is 7.13. The van der Waals surface area contributed by atoms with Crippen molar-refractivity contribution in [3.05, 3.63) is 51.2 Å². The second-order valence-corrected chi connectivity index (χ2v) is 8.26. The Bertz CT molecular complexity index is 903. The van der Waals surface area contributed by atoms with Gasteiger partial charge in [0.25, 0.3) is 0 Å². The highest BCUT2D eigenvalue weighted by Crippen LogP contribution is 2.37. The van der Waals surface area contributed by atoms with Crippen LogP contribution in [0.3, 0.4) is 0 Å². The van der Waals surface area contributed by atoms with E-state index < -0.39 is 0 Å². The molecule has 0 spiro atoms. The maximum absolute atomic E-state index is 5.53. The molecule has 1 aromatic carbocycles. The van der Waals surface area contributed by atoms with Gasteiger partial charge >= 0.3 is 0 Å². The highest BCUT2D eigenvalue weighted by Gasteiger charge is 2.25. The van der Waals surface area contributed by atoms with Gasteiger partial charge in [0.15, 0.2) is 0 Å². The fourth-order valence-corrected chi connectivity index (χ4v) is 5.27. The first-order chi connectivity index (χ1) is 12.7. The molecule has 26 heavy (non-hydrogen) atoms. The van der Waals surface area contributed by atoms with Gasteiger partial charge in [0, 0.05) is 35.5 Å². The first-order valence-electron chi connectivity index (χ1n) is 8.66. The van der Waals surface area contributed by atoms with Crippen LogP contribution in [0.1, 0.15) is 29.1 Å². The Morgan fingerprint density at radius 3 is 2.88 bits per heavy atom. The molecule has 136 valence electrons. The van der Waals surface area contributed by atoms with Crippen molar-refractivity contribution in [3.8, 4) is 22.1 Å². The summed E-state index contributed by atoms with van der Waals surface area (Å²) in [5, 5.41) is 5.36. The first kappa shape index (κ1) is 17.5. The third kappa shape index (κ3) is 3.24. The molecule has 1 aliphatic rings. The summed E-state index contributed by atoms with van der Waals surface area (Å²) in [4.78, 5) is 8.93. The number of aromatic nitrogens is 1. The molecular weight excluding hydrogens is 364 g/mol. The molecule has 1 atom stereocenters. The molecule has 0 radical (unpaired) electrons. The molecule has 0 aliphatic carbocycles.